The van der Waals surface area contributed by atoms with Crippen molar-refractivity contribution < 1.29 is 23.9 Å². The largest absolute Gasteiger partial charge is 0.422 e. The molecule has 5 rings (SSSR count). The fourth-order valence-corrected chi connectivity index (χ4v) is 5.61. The van der Waals surface area contributed by atoms with Crippen molar-refractivity contribution in [2.24, 2.45) is 0 Å². The van der Waals surface area contributed by atoms with E-state index in [1.165, 1.54) is 18.6 Å². The van der Waals surface area contributed by atoms with Gasteiger partial charge in [0.2, 0.25) is 0 Å². The van der Waals surface area contributed by atoms with Gasteiger partial charge < -0.3 is 14.2 Å². The highest BCUT2D eigenvalue weighted by atomic mass is 17.3. The predicted molar refractivity (Wildman–Crippen MR) is 141 cm³/mol. The number of anilines is 1. The average Bonchev–Trinajstić information content (AvgIpc) is 2.85. The third-order valence-electron chi connectivity index (χ3n) is 7.92. The molecule has 0 N–H and O–H groups in total. The van der Waals surface area contributed by atoms with Gasteiger partial charge in [0.1, 0.15) is 11.8 Å². The van der Waals surface area contributed by atoms with E-state index in [-0.39, 0.29) is 33.2 Å². The summed E-state index contributed by atoms with van der Waals surface area (Å²) in [5.41, 5.74) is 2.94. The Kier molecular flexibility index (Phi) is 5.84. The second-order valence-corrected chi connectivity index (χ2v) is 11.2. The van der Waals surface area contributed by atoms with Crippen LogP contribution in [-0.2, 0) is 30.3 Å². The molecule has 38 heavy (non-hydrogen) atoms. The van der Waals surface area contributed by atoms with Crippen LogP contribution in [-0.4, -0.2) is 30.0 Å². The summed E-state index contributed by atoms with van der Waals surface area (Å²) in [6, 6.07) is 3.80. The molecule has 0 fully saturated rings. The molecule has 3 aliphatic heterocycles. The number of nitrogens with zero attached hydrogens (tertiary/aromatic N) is 3. The topological polar surface area (TPSA) is 93.7 Å². The molecule has 4 heterocycles. The maximum atomic E-state index is 13.3. The van der Waals surface area contributed by atoms with E-state index in [1.807, 2.05) is 0 Å². The molecule has 2 amide bonds. The van der Waals surface area contributed by atoms with Crippen molar-refractivity contribution in [1.29, 1.82) is 0 Å². The van der Waals surface area contributed by atoms with E-state index in [1.54, 1.807) is 6.07 Å². The lowest BCUT2D eigenvalue weighted by molar-refractivity contribution is -0.363. The first kappa shape index (κ1) is 25.5. The van der Waals surface area contributed by atoms with Crippen molar-refractivity contribution >= 4 is 34.5 Å². The smallest absolute Gasteiger partial charge is 0.343 e. The molecule has 196 valence electrons. The van der Waals surface area contributed by atoms with Crippen LogP contribution in [0, 0.1) is 6.57 Å². The van der Waals surface area contributed by atoms with Crippen LogP contribution in [0.15, 0.2) is 51.0 Å². The van der Waals surface area contributed by atoms with Crippen LogP contribution >= 0.6 is 0 Å². The summed E-state index contributed by atoms with van der Waals surface area (Å²) < 4.78 is 5.98. The number of fused-ring (bicyclic) bond motifs is 2. The van der Waals surface area contributed by atoms with Gasteiger partial charge in [0.15, 0.2) is 0 Å². The number of benzene rings is 1. The van der Waals surface area contributed by atoms with Gasteiger partial charge in [-0.25, -0.2) is 9.64 Å². The van der Waals surface area contributed by atoms with Gasteiger partial charge in [-0.15, -0.1) is 5.06 Å². The summed E-state index contributed by atoms with van der Waals surface area (Å²) in [6.45, 7) is 22.9. The van der Waals surface area contributed by atoms with Crippen LogP contribution < -0.4 is 10.5 Å². The Labute approximate surface area is 220 Å². The minimum absolute atomic E-state index is 0.0546. The number of rotatable bonds is 4. The van der Waals surface area contributed by atoms with Crippen molar-refractivity contribution in [2.45, 2.75) is 58.3 Å². The number of amides is 2. The van der Waals surface area contributed by atoms with E-state index in [0.29, 0.717) is 10.6 Å². The first-order chi connectivity index (χ1) is 17.9. The average molecular weight is 516 g/mol. The molecular formula is C29H29N3O6. The fraction of sp³-hybridized carbons (Fsp3) is 0.379. The normalized spacial score (nSPS) is 21.0. The lowest BCUT2D eigenvalue weighted by Gasteiger charge is -2.48. The Morgan fingerprint density at radius 1 is 1.08 bits per heavy atom. The molecule has 0 saturated carbocycles. The van der Waals surface area contributed by atoms with Crippen molar-refractivity contribution in [2.75, 3.05) is 18.0 Å². The van der Waals surface area contributed by atoms with E-state index in [0.717, 1.165) is 48.8 Å². The monoisotopic (exact) mass is 515 g/mol. The third-order valence-corrected chi connectivity index (χ3v) is 7.92. The van der Waals surface area contributed by atoms with Gasteiger partial charge in [0.25, 0.3) is 17.5 Å². The minimum Gasteiger partial charge on any atom is -0.422 e. The summed E-state index contributed by atoms with van der Waals surface area (Å²) in [4.78, 5) is 54.0. The Balaban J connectivity index is 1.75. The highest BCUT2D eigenvalue weighted by Gasteiger charge is 2.42. The molecule has 0 spiro atoms. The van der Waals surface area contributed by atoms with Crippen molar-refractivity contribution in [1.82, 2.24) is 5.06 Å². The second-order valence-electron chi connectivity index (χ2n) is 11.2. The van der Waals surface area contributed by atoms with Gasteiger partial charge in [-0.3, -0.25) is 9.59 Å². The van der Waals surface area contributed by atoms with Crippen LogP contribution in [0.25, 0.3) is 21.9 Å². The van der Waals surface area contributed by atoms with Crippen LogP contribution in [0.3, 0.4) is 0 Å². The van der Waals surface area contributed by atoms with Crippen LogP contribution in [0.1, 0.15) is 64.2 Å². The van der Waals surface area contributed by atoms with Gasteiger partial charge >= 0.3 is 5.63 Å². The minimum atomic E-state index is -0.966. The molecule has 0 atom stereocenters. The third kappa shape index (κ3) is 3.75. The standard InChI is InChI=1S/C29H29N3O6/c1-8-36-38-32-25(33)19(16(2)22(30-7)26(32)34)14-18-13-17-15-20-23-21(24(17)37-27(18)35)29(5,6)10-12-31(23)11-9-28(20,3)4/h8,13-15H,1,9-12H2,2-6H3/b19-14-. The number of hydrogen-bond donors (Lipinski definition) is 0. The van der Waals surface area contributed by atoms with Crippen LogP contribution in [0.4, 0.5) is 5.69 Å². The molecule has 3 aliphatic rings. The Morgan fingerprint density at radius 2 is 1.76 bits per heavy atom. The van der Waals surface area contributed by atoms with Gasteiger partial charge in [-0.2, -0.15) is 0 Å². The molecule has 9 nitrogen and oxygen atoms in total. The summed E-state index contributed by atoms with van der Waals surface area (Å²) in [5.74, 6) is -1.84. The summed E-state index contributed by atoms with van der Waals surface area (Å²) in [7, 11) is 0. The number of imide groups is 1. The van der Waals surface area contributed by atoms with E-state index >= 15 is 0 Å². The first-order valence-corrected chi connectivity index (χ1v) is 12.5. The van der Waals surface area contributed by atoms with E-state index in [2.05, 4.69) is 55.0 Å². The highest BCUT2D eigenvalue weighted by molar-refractivity contribution is 6.18. The zero-order valence-corrected chi connectivity index (χ0v) is 22.1. The number of hydroxylamine groups is 2. The van der Waals surface area contributed by atoms with E-state index in [9.17, 15) is 14.4 Å². The Hall–Kier alpha value is -4.16. The maximum Gasteiger partial charge on any atom is 0.343 e. The zero-order valence-electron chi connectivity index (χ0n) is 22.1. The van der Waals surface area contributed by atoms with Crippen LogP contribution in [0.5, 0.6) is 0 Å². The number of carbonyl (C=O) groups is 2. The Bertz CT molecular complexity index is 1580. The van der Waals surface area contributed by atoms with Gasteiger partial charge in [-0.1, -0.05) is 39.3 Å². The lowest BCUT2D eigenvalue weighted by Crippen LogP contribution is -2.44. The number of hydrogen-bond acceptors (Lipinski definition) is 7. The molecule has 0 aliphatic carbocycles. The molecular weight excluding hydrogens is 486 g/mol. The maximum absolute atomic E-state index is 13.3. The molecule has 2 aromatic rings. The van der Waals surface area contributed by atoms with Gasteiger partial charge in [0.05, 0.1) is 12.1 Å². The first-order valence-electron chi connectivity index (χ1n) is 12.5. The lowest BCUT2D eigenvalue weighted by atomic mass is 9.69. The van der Waals surface area contributed by atoms with E-state index in [4.69, 9.17) is 16.0 Å². The molecule has 9 heteroatoms. The highest BCUT2D eigenvalue weighted by Crippen LogP contribution is 2.51. The quantitative estimate of drug-likeness (QED) is 0.109. The Morgan fingerprint density at radius 3 is 2.42 bits per heavy atom. The van der Waals surface area contributed by atoms with Crippen molar-refractivity contribution in [3.05, 3.63) is 80.3 Å². The van der Waals surface area contributed by atoms with Crippen molar-refractivity contribution in [3.8, 4) is 0 Å². The SMILES string of the molecule is [C-]#[N+]C1=C(C)/C(=C/c2cc3cc4c5c(c3oc2=O)C(C)(C)CCN5CCC4(C)C)C(=O)N(OOC=C)C1=O. The van der Waals surface area contributed by atoms with Gasteiger partial charge in [0, 0.05) is 35.3 Å². The zero-order chi connectivity index (χ0) is 27.6. The van der Waals surface area contributed by atoms with Crippen LogP contribution in [0.2, 0.25) is 0 Å². The molecule has 1 aromatic carbocycles. The molecule has 0 radical (unpaired) electrons. The second kappa shape index (κ2) is 8.71. The molecule has 0 saturated heterocycles. The van der Waals surface area contributed by atoms with E-state index < -0.39 is 17.4 Å². The molecule has 0 unspecified atom stereocenters. The number of carbonyl (C=O) groups excluding carboxylic acids is 2. The predicted octanol–water partition coefficient (Wildman–Crippen LogP) is 4.91. The molecule has 0 bridgehead atoms. The summed E-state index contributed by atoms with van der Waals surface area (Å²) in [5, 5.41) is 1.08. The van der Waals surface area contributed by atoms with Gasteiger partial charge in [-0.05, 0) is 59.9 Å². The van der Waals surface area contributed by atoms with Crippen molar-refractivity contribution in [3.63, 3.8) is 0 Å². The molecule has 1 aromatic heterocycles. The summed E-state index contributed by atoms with van der Waals surface area (Å²) in [6.07, 6.45) is 4.16. The fourth-order valence-electron chi connectivity index (χ4n) is 5.61. The summed E-state index contributed by atoms with van der Waals surface area (Å²) >= 11 is 0.